The van der Waals surface area contributed by atoms with E-state index in [4.69, 9.17) is 0 Å². The minimum absolute atomic E-state index is 0.166. The van der Waals surface area contributed by atoms with Gasteiger partial charge in [-0.3, -0.25) is 4.79 Å². The molecule has 4 heteroatoms. The maximum Gasteiger partial charge on any atom is 0.311 e. The lowest BCUT2D eigenvalue weighted by molar-refractivity contribution is -0.140. The molecular weight excluding hydrogens is 270 g/mol. The molecular formula is C12H14BrNO2. The van der Waals surface area contributed by atoms with E-state index in [0.29, 0.717) is 0 Å². The van der Waals surface area contributed by atoms with Gasteiger partial charge in [-0.15, -0.1) is 0 Å². The van der Waals surface area contributed by atoms with Gasteiger partial charge in [0.1, 0.15) is 0 Å². The fourth-order valence-corrected chi connectivity index (χ4v) is 2.66. The van der Waals surface area contributed by atoms with Gasteiger partial charge >= 0.3 is 5.97 Å². The van der Waals surface area contributed by atoms with E-state index in [1.165, 1.54) is 0 Å². The van der Waals surface area contributed by atoms with Gasteiger partial charge in [-0.05, 0) is 29.7 Å². The summed E-state index contributed by atoms with van der Waals surface area (Å²) in [6, 6.07) is 5.77. The Kier molecular flexibility index (Phi) is 3.19. The quantitative estimate of drug-likeness (QED) is 0.877. The largest absolute Gasteiger partial charge is 0.481 e. The van der Waals surface area contributed by atoms with Crippen molar-refractivity contribution in [1.82, 2.24) is 0 Å². The Balaban J connectivity index is 2.47. The summed E-state index contributed by atoms with van der Waals surface area (Å²) in [7, 11) is 0. The number of carboxylic acids is 1. The average Bonchev–Trinajstić information content (AvgIpc) is 2.26. The number of rotatable bonds is 2. The molecule has 1 aromatic carbocycles. The SMILES string of the molecule is CCC1CNc2ccc(Br)cc2C1C(=O)O. The van der Waals surface area contributed by atoms with Gasteiger partial charge in [-0.1, -0.05) is 29.3 Å². The van der Waals surface area contributed by atoms with Crippen LogP contribution < -0.4 is 5.32 Å². The zero-order valence-electron chi connectivity index (χ0n) is 9.03. The number of aliphatic carboxylic acids is 1. The van der Waals surface area contributed by atoms with Crippen molar-refractivity contribution in [2.45, 2.75) is 19.3 Å². The van der Waals surface area contributed by atoms with Crippen LogP contribution in [0.3, 0.4) is 0 Å². The molecule has 0 bridgehead atoms. The maximum absolute atomic E-state index is 11.4. The van der Waals surface area contributed by atoms with Crippen LogP contribution in [0.4, 0.5) is 5.69 Å². The number of hydrogen-bond acceptors (Lipinski definition) is 2. The van der Waals surface area contributed by atoms with Crippen LogP contribution in [-0.2, 0) is 4.79 Å². The van der Waals surface area contributed by atoms with Crippen LogP contribution in [0.2, 0.25) is 0 Å². The Morgan fingerprint density at radius 2 is 2.38 bits per heavy atom. The van der Waals surface area contributed by atoms with Crippen LogP contribution in [0.25, 0.3) is 0 Å². The highest BCUT2D eigenvalue weighted by molar-refractivity contribution is 9.10. The smallest absolute Gasteiger partial charge is 0.311 e. The molecule has 0 saturated carbocycles. The molecule has 16 heavy (non-hydrogen) atoms. The molecule has 0 saturated heterocycles. The summed E-state index contributed by atoms with van der Waals surface area (Å²) in [4.78, 5) is 11.4. The maximum atomic E-state index is 11.4. The van der Waals surface area contributed by atoms with E-state index in [1.54, 1.807) is 0 Å². The van der Waals surface area contributed by atoms with Gasteiger partial charge in [0.2, 0.25) is 0 Å². The third-order valence-corrected chi connectivity index (χ3v) is 3.66. The first-order valence-corrected chi connectivity index (χ1v) is 6.19. The Morgan fingerprint density at radius 1 is 1.62 bits per heavy atom. The lowest BCUT2D eigenvalue weighted by Gasteiger charge is -2.31. The van der Waals surface area contributed by atoms with Crippen molar-refractivity contribution in [2.24, 2.45) is 5.92 Å². The molecule has 3 nitrogen and oxygen atoms in total. The van der Waals surface area contributed by atoms with E-state index < -0.39 is 11.9 Å². The zero-order chi connectivity index (χ0) is 11.7. The molecule has 0 aromatic heterocycles. The molecule has 0 spiro atoms. The van der Waals surface area contributed by atoms with Gasteiger partial charge in [-0.2, -0.15) is 0 Å². The highest BCUT2D eigenvalue weighted by Gasteiger charge is 2.33. The van der Waals surface area contributed by atoms with Crippen molar-refractivity contribution in [1.29, 1.82) is 0 Å². The Labute approximate surface area is 103 Å². The van der Waals surface area contributed by atoms with Crippen molar-refractivity contribution < 1.29 is 9.90 Å². The van der Waals surface area contributed by atoms with Crippen LogP contribution in [0.1, 0.15) is 24.8 Å². The number of benzene rings is 1. The number of carboxylic acid groups (broad SMARTS) is 1. The standard InChI is InChI=1S/C12H14BrNO2/c1-2-7-6-14-10-4-3-8(13)5-9(10)11(7)12(15)16/h3-5,7,11,14H,2,6H2,1H3,(H,15,16). The van der Waals surface area contributed by atoms with Gasteiger partial charge in [0.25, 0.3) is 0 Å². The average molecular weight is 284 g/mol. The second-order valence-electron chi connectivity index (χ2n) is 4.10. The molecule has 1 heterocycles. The third-order valence-electron chi connectivity index (χ3n) is 3.17. The van der Waals surface area contributed by atoms with E-state index in [2.05, 4.69) is 21.2 Å². The number of anilines is 1. The normalized spacial score (nSPS) is 23.4. The number of nitrogens with one attached hydrogen (secondary N) is 1. The highest BCUT2D eigenvalue weighted by atomic mass is 79.9. The second kappa shape index (κ2) is 4.45. The van der Waals surface area contributed by atoms with E-state index >= 15 is 0 Å². The summed E-state index contributed by atoms with van der Waals surface area (Å²) in [5.41, 5.74) is 1.83. The first-order chi connectivity index (χ1) is 7.63. The minimum atomic E-state index is -0.729. The molecule has 1 aliphatic rings. The fourth-order valence-electron chi connectivity index (χ4n) is 2.28. The van der Waals surface area contributed by atoms with Crippen LogP contribution in [0.15, 0.2) is 22.7 Å². The Hall–Kier alpha value is -1.03. The Bertz CT molecular complexity index is 419. The predicted octanol–water partition coefficient (Wildman–Crippen LogP) is 3.07. The monoisotopic (exact) mass is 283 g/mol. The Morgan fingerprint density at radius 3 is 3.00 bits per heavy atom. The van der Waals surface area contributed by atoms with Crippen molar-refractivity contribution in [2.75, 3.05) is 11.9 Å². The molecule has 0 radical (unpaired) electrons. The number of hydrogen-bond donors (Lipinski definition) is 2. The van der Waals surface area contributed by atoms with E-state index in [0.717, 1.165) is 28.7 Å². The van der Waals surface area contributed by atoms with Crippen molar-refractivity contribution >= 4 is 27.6 Å². The molecule has 2 rings (SSSR count). The highest BCUT2D eigenvalue weighted by Crippen LogP contribution is 2.38. The first kappa shape index (κ1) is 11.5. The van der Waals surface area contributed by atoms with Crippen LogP contribution >= 0.6 is 15.9 Å². The molecule has 2 unspecified atom stereocenters. The first-order valence-electron chi connectivity index (χ1n) is 5.39. The molecule has 1 aliphatic heterocycles. The topological polar surface area (TPSA) is 49.3 Å². The molecule has 86 valence electrons. The number of halogens is 1. The summed E-state index contributed by atoms with van der Waals surface area (Å²) in [6.45, 7) is 2.77. The van der Waals surface area contributed by atoms with Crippen molar-refractivity contribution in [3.63, 3.8) is 0 Å². The van der Waals surface area contributed by atoms with Gasteiger partial charge < -0.3 is 10.4 Å². The van der Waals surface area contributed by atoms with Crippen LogP contribution in [0.5, 0.6) is 0 Å². The number of carbonyl (C=O) groups is 1. The summed E-state index contributed by atoms with van der Waals surface area (Å²) in [5.74, 6) is -0.953. The summed E-state index contributed by atoms with van der Waals surface area (Å²) < 4.78 is 0.927. The molecule has 2 atom stereocenters. The van der Waals surface area contributed by atoms with Crippen LogP contribution in [-0.4, -0.2) is 17.6 Å². The molecule has 1 aromatic rings. The van der Waals surface area contributed by atoms with E-state index in [9.17, 15) is 9.90 Å². The van der Waals surface area contributed by atoms with Gasteiger partial charge in [-0.25, -0.2) is 0 Å². The van der Waals surface area contributed by atoms with Crippen molar-refractivity contribution in [3.05, 3.63) is 28.2 Å². The molecule has 0 aliphatic carbocycles. The molecule has 2 N–H and O–H groups in total. The van der Waals surface area contributed by atoms with Gasteiger partial charge in [0.05, 0.1) is 5.92 Å². The summed E-state index contributed by atoms with van der Waals surface area (Å²) >= 11 is 3.39. The lowest BCUT2D eigenvalue weighted by Crippen LogP contribution is -2.32. The van der Waals surface area contributed by atoms with Gasteiger partial charge in [0, 0.05) is 16.7 Å². The van der Waals surface area contributed by atoms with Gasteiger partial charge in [0.15, 0.2) is 0 Å². The summed E-state index contributed by atoms with van der Waals surface area (Å²) in [5, 5.41) is 12.6. The second-order valence-corrected chi connectivity index (χ2v) is 5.01. The predicted molar refractivity (Wildman–Crippen MR) is 66.8 cm³/mol. The zero-order valence-corrected chi connectivity index (χ0v) is 10.6. The third kappa shape index (κ3) is 1.94. The number of fused-ring (bicyclic) bond motifs is 1. The summed E-state index contributed by atoms with van der Waals surface area (Å²) in [6.07, 6.45) is 0.871. The lowest BCUT2D eigenvalue weighted by atomic mass is 9.81. The van der Waals surface area contributed by atoms with Crippen molar-refractivity contribution in [3.8, 4) is 0 Å². The molecule has 0 fully saturated rings. The van der Waals surface area contributed by atoms with E-state index in [1.807, 2.05) is 25.1 Å². The fraction of sp³-hybridized carbons (Fsp3) is 0.417. The van der Waals surface area contributed by atoms with E-state index in [-0.39, 0.29) is 5.92 Å². The van der Waals surface area contributed by atoms with Crippen LogP contribution in [0, 0.1) is 5.92 Å². The minimum Gasteiger partial charge on any atom is -0.481 e. The molecule has 0 amide bonds.